The second kappa shape index (κ2) is 15.8. The van der Waals surface area contributed by atoms with Crippen LogP contribution in [0.15, 0.2) is 16.4 Å². The molecule has 2 heterocycles. The Morgan fingerprint density at radius 1 is 1.00 bits per heavy atom. The molecule has 1 N–H and O–H groups in total. The quantitative estimate of drug-likeness (QED) is 0.253. The van der Waals surface area contributed by atoms with E-state index in [0.29, 0.717) is 78.4 Å². The van der Waals surface area contributed by atoms with Crippen LogP contribution in [0.5, 0.6) is 0 Å². The van der Waals surface area contributed by atoms with Gasteiger partial charge in [-0.3, -0.25) is 9.59 Å². The van der Waals surface area contributed by atoms with Crippen molar-refractivity contribution in [3.05, 3.63) is 11.9 Å². The zero-order valence-corrected chi connectivity index (χ0v) is 22.5. The van der Waals surface area contributed by atoms with E-state index in [2.05, 4.69) is 32.8 Å². The lowest BCUT2D eigenvalue weighted by Crippen LogP contribution is -2.27. The van der Waals surface area contributed by atoms with Crippen LogP contribution >= 0.6 is 0 Å². The van der Waals surface area contributed by atoms with E-state index in [1.54, 1.807) is 4.68 Å². The van der Waals surface area contributed by atoms with E-state index < -0.39 is 5.66 Å². The molecular weight excluding hydrogens is 464 g/mol. The van der Waals surface area contributed by atoms with E-state index in [9.17, 15) is 9.59 Å². The Morgan fingerprint density at radius 2 is 1.67 bits per heavy atom. The number of nitrogens with one attached hydrogen (secondary N) is 1. The molecule has 204 valence electrons. The Hall–Kier alpha value is -2.24. The SMILES string of the molecule is CCCCCC(=O)NCCOCCOCCOCCn1cc(CCC2(CC(=O)C(C)(C)C)N=N2)nn1. The normalized spacial score (nSPS) is 14.2. The van der Waals surface area contributed by atoms with Crippen LogP contribution in [0.3, 0.4) is 0 Å². The number of hydrogen-bond acceptors (Lipinski definition) is 9. The van der Waals surface area contributed by atoms with E-state index in [-0.39, 0.29) is 17.1 Å². The van der Waals surface area contributed by atoms with Gasteiger partial charge >= 0.3 is 0 Å². The minimum Gasteiger partial charge on any atom is -0.377 e. The smallest absolute Gasteiger partial charge is 0.220 e. The van der Waals surface area contributed by atoms with Crippen molar-refractivity contribution in [1.29, 1.82) is 0 Å². The molecule has 0 saturated carbocycles. The summed E-state index contributed by atoms with van der Waals surface area (Å²) < 4.78 is 18.3. The minimum absolute atomic E-state index is 0.0883. The minimum atomic E-state index is -0.563. The van der Waals surface area contributed by atoms with Crippen LogP contribution in [0, 0.1) is 5.41 Å². The van der Waals surface area contributed by atoms with Crippen LogP contribution < -0.4 is 5.32 Å². The van der Waals surface area contributed by atoms with Crippen LogP contribution in [0.2, 0.25) is 0 Å². The van der Waals surface area contributed by atoms with E-state index in [0.717, 1.165) is 25.0 Å². The number of carbonyl (C=O) groups excluding carboxylic acids is 2. The van der Waals surface area contributed by atoms with Crippen molar-refractivity contribution < 1.29 is 23.8 Å². The van der Waals surface area contributed by atoms with Gasteiger partial charge in [-0.05, 0) is 12.8 Å². The number of amides is 1. The first-order valence-corrected chi connectivity index (χ1v) is 13.1. The molecule has 0 aliphatic carbocycles. The van der Waals surface area contributed by atoms with Crippen LogP contribution in [0.1, 0.15) is 71.9 Å². The number of Topliss-reactive ketones (excluding diaryl/α,β-unsaturated/α-hetero) is 1. The highest BCUT2D eigenvalue weighted by atomic mass is 16.5. The van der Waals surface area contributed by atoms with Crippen molar-refractivity contribution in [3.8, 4) is 0 Å². The predicted molar refractivity (Wildman–Crippen MR) is 135 cm³/mol. The summed E-state index contributed by atoms with van der Waals surface area (Å²) >= 11 is 0. The Balaban J connectivity index is 1.42. The van der Waals surface area contributed by atoms with Gasteiger partial charge in [0.2, 0.25) is 5.91 Å². The Bertz CT molecular complexity index is 814. The molecule has 0 fully saturated rings. The van der Waals surface area contributed by atoms with Gasteiger partial charge < -0.3 is 19.5 Å². The molecule has 11 heteroatoms. The maximum Gasteiger partial charge on any atom is 0.220 e. The summed E-state index contributed by atoms with van der Waals surface area (Å²) in [6.45, 7) is 11.9. The number of hydrogen-bond donors (Lipinski definition) is 1. The topological polar surface area (TPSA) is 129 Å². The summed E-state index contributed by atoms with van der Waals surface area (Å²) in [4.78, 5) is 23.8. The van der Waals surface area contributed by atoms with Gasteiger partial charge in [0.25, 0.3) is 0 Å². The standard InChI is InChI=1S/C25H44N6O5/c1-5-6-7-8-23(33)26-11-13-34-15-17-36-18-16-35-14-12-31-20-21(27-30-31)9-10-25(28-29-25)19-22(32)24(2,3)4/h20H,5-19H2,1-4H3,(H,26,33). The first-order valence-electron chi connectivity index (χ1n) is 13.1. The first kappa shape index (κ1) is 30.0. The molecule has 36 heavy (non-hydrogen) atoms. The third-order valence-electron chi connectivity index (χ3n) is 5.82. The molecule has 1 aliphatic rings. The third-order valence-corrected chi connectivity index (χ3v) is 5.82. The zero-order valence-electron chi connectivity index (χ0n) is 22.5. The highest BCUT2D eigenvalue weighted by Crippen LogP contribution is 2.38. The molecule has 0 atom stereocenters. The molecule has 1 amide bonds. The lowest BCUT2D eigenvalue weighted by atomic mass is 9.85. The summed E-state index contributed by atoms with van der Waals surface area (Å²) in [6, 6.07) is 0. The molecule has 0 aromatic carbocycles. The molecule has 0 unspecified atom stereocenters. The van der Waals surface area contributed by atoms with Gasteiger partial charge in [-0.1, -0.05) is 45.7 Å². The number of rotatable bonds is 21. The van der Waals surface area contributed by atoms with E-state index in [1.165, 1.54) is 0 Å². The van der Waals surface area contributed by atoms with Gasteiger partial charge in [-0.2, -0.15) is 10.2 Å². The van der Waals surface area contributed by atoms with Crippen molar-refractivity contribution >= 4 is 11.7 Å². The fourth-order valence-corrected chi connectivity index (χ4v) is 3.33. The number of unbranched alkanes of at least 4 members (excludes halogenated alkanes) is 2. The molecule has 1 aromatic rings. The number of nitrogens with zero attached hydrogens (tertiary/aromatic N) is 5. The summed E-state index contributed by atoms with van der Waals surface area (Å²) in [7, 11) is 0. The number of aromatic nitrogens is 3. The maximum absolute atomic E-state index is 12.3. The Labute approximate surface area is 214 Å². The lowest BCUT2D eigenvalue weighted by Gasteiger charge is -2.18. The second-order valence-corrected chi connectivity index (χ2v) is 10.1. The van der Waals surface area contributed by atoms with Gasteiger partial charge in [-0.25, -0.2) is 4.68 Å². The van der Waals surface area contributed by atoms with E-state index in [1.807, 2.05) is 27.0 Å². The predicted octanol–water partition coefficient (Wildman–Crippen LogP) is 3.12. The largest absolute Gasteiger partial charge is 0.377 e. The van der Waals surface area contributed by atoms with Crippen molar-refractivity contribution in [1.82, 2.24) is 20.3 Å². The average molecular weight is 509 g/mol. The fourth-order valence-electron chi connectivity index (χ4n) is 3.33. The lowest BCUT2D eigenvalue weighted by molar-refractivity contribution is -0.127. The zero-order chi connectivity index (χ0) is 26.3. The van der Waals surface area contributed by atoms with Crippen LogP contribution in [-0.2, 0) is 36.8 Å². The summed E-state index contributed by atoms with van der Waals surface area (Å²) in [5, 5.41) is 19.4. The molecular formula is C25H44N6O5. The van der Waals surface area contributed by atoms with Gasteiger partial charge in [0.1, 0.15) is 5.78 Å². The van der Waals surface area contributed by atoms with E-state index in [4.69, 9.17) is 14.2 Å². The first-order chi connectivity index (χ1) is 17.2. The summed E-state index contributed by atoms with van der Waals surface area (Å²) in [6.07, 6.45) is 7.31. The fraction of sp³-hybridized carbons (Fsp3) is 0.840. The van der Waals surface area contributed by atoms with Crippen LogP contribution in [0.25, 0.3) is 0 Å². The monoisotopic (exact) mass is 508 g/mol. The van der Waals surface area contributed by atoms with Crippen molar-refractivity contribution in [2.45, 2.75) is 84.8 Å². The molecule has 1 aliphatic heterocycles. The number of aryl methyl sites for hydroxylation is 1. The Morgan fingerprint density at radius 3 is 2.31 bits per heavy atom. The van der Waals surface area contributed by atoms with Crippen molar-refractivity contribution in [3.63, 3.8) is 0 Å². The third kappa shape index (κ3) is 12.6. The van der Waals surface area contributed by atoms with Gasteiger partial charge in [0.15, 0.2) is 5.66 Å². The van der Waals surface area contributed by atoms with Gasteiger partial charge in [-0.15, -0.1) is 5.10 Å². The molecule has 2 rings (SSSR count). The molecule has 1 aromatic heterocycles. The Kier molecular flexibility index (Phi) is 13.1. The van der Waals surface area contributed by atoms with Gasteiger partial charge in [0, 0.05) is 31.0 Å². The molecule has 11 nitrogen and oxygen atoms in total. The van der Waals surface area contributed by atoms with Gasteiger partial charge in [0.05, 0.1) is 58.3 Å². The molecule has 0 spiro atoms. The number of ketones is 1. The molecule has 0 saturated heterocycles. The molecule has 0 bridgehead atoms. The summed E-state index contributed by atoms with van der Waals surface area (Å²) in [5.41, 5.74) is -0.0866. The molecule has 0 radical (unpaired) electrons. The highest BCUT2D eigenvalue weighted by molar-refractivity contribution is 5.84. The van der Waals surface area contributed by atoms with Crippen molar-refractivity contribution in [2.75, 3.05) is 46.2 Å². The summed E-state index contributed by atoms with van der Waals surface area (Å²) in [5.74, 6) is 0.258. The maximum atomic E-state index is 12.3. The van der Waals surface area contributed by atoms with E-state index >= 15 is 0 Å². The van der Waals surface area contributed by atoms with Crippen LogP contribution in [-0.4, -0.2) is 78.5 Å². The second-order valence-electron chi connectivity index (χ2n) is 10.1. The average Bonchev–Trinajstić information content (AvgIpc) is 3.44. The number of carbonyl (C=O) groups is 2. The highest BCUT2D eigenvalue weighted by Gasteiger charge is 2.43. The van der Waals surface area contributed by atoms with Crippen LogP contribution in [0.4, 0.5) is 0 Å². The van der Waals surface area contributed by atoms with Crippen molar-refractivity contribution in [2.24, 2.45) is 15.6 Å². The number of ether oxygens (including phenoxy) is 3.